The van der Waals surface area contributed by atoms with Crippen molar-refractivity contribution in [1.29, 1.82) is 0 Å². The van der Waals surface area contributed by atoms with Crippen molar-refractivity contribution >= 4 is 10.2 Å². The van der Waals surface area contributed by atoms with E-state index in [0.717, 1.165) is 25.8 Å². The van der Waals surface area contributed by atoms with E-state index in [4.69, 9.17) is 0 Å². The maximum absolute atomic E-state index is 12.2. The van der Waals surface area contributed by atoms with Gasteiger partial charge in [0, 0.05) is 19.6 Å². The Kier molecular flexibility index (Phi) is 6.23. The zero-order chi connectivity index (χ0) is 14.5. The molecule has 0 unspecified atom stereocenters. The van der Waals surface area contributed by atoms with E-state index in [-0.39, 0.29) is 5.41 Å². The molecule has 0 bridgehead atoms. The smallest absolute Gasteiger partial charge is 0.279 e. The molecular weight excluding hydrogens is 262 g/mol. The van der Waals surface area contributed by atoms with E-state index in [1.807, 2.05) is 7.05 Å². The summed E-state index contributed by atoms with van der Waals surface area (Å²) in [5, 5.41) is 3.16. The van der Waals surface area contributed by atoms with E-state index in [1.54, 1.807) is 4.31 Å². The monoisotopic (exact) mass is 291 g/mol. The van der Waals surface area contributed by atoms with Crippen molar-refractivity contribution in [3.63, 3.8) is 0 Å². The Hall–Kier alpha value is -0.170. The molecule has 0 radical (unpaired) electrons. The van der Waals surface area contributed by atoms with Gasteiger partial charge in [0.05, 0.1) is 0 Å². The molecule has 6 heteroatoms. The van der Waals surface area contributed by atoms with Crippen LogP contribution in [0.4, 0.5) is 0 Å². The second-order valence-corrected chi connectivity index (χ2v) is 8.00. The van der Waals surface area contributed by atoms with Gasteiger partial charge in [-0.2, -0.15) is 12.7 Å². The summed E-state index contributed by atoms with van der Waals surface area (Å²) >= 11 is 0. The Balaban J connectivity index is 2.47. The number of hydrogen-bond donors (Lipinski definition) is 2. The van der Waals surface area contributed by atoms with E-state index in [2.05, 4.69) is 30.8 Å². The van der Waals surface area contributed by atoms with Crippen molar-refractivity contribution < 1.29 is 8.42 Å². The fraction of sp³-hybridized carbons (Fsp3) is 1.00. The highest BCUT2D eigenvalue weighted by Crippen LogP contribution is 2.21. The van der Waals surface area contributed by atoms with Gasteiger partial charge in [-0.3, -0.25) is 0 Å². The second kappa shape index (κ2) is 7.02. The Morgan fingerprint density at radius 3 is 2.32 bits per heavy atom. The van der Waals surface area contributed by atoms with E-state index >= 15 is 0 Å². The molecule has 0 aromatic carbocycles. The number of nitrogens with one attached hydrogen (secondary N) is 2. The highest BCUT2D eigenvalue weighted by molar-refractivity contribution is 7.87. The van der Waals surface area contributed by atoms with Gasteiger partial charge in [0.1, 0.15) is 0 Å². The van der Waals surface area contributed by atoms with Crippen LogP contribution in [0.15, 0.2) is 0 Å². The Morgan fingerprint density at radius 1 is 1.26 bits per heavy atom. The van der Waals surface area contributed by atoms with Gasteiger partial charge in [-0.15, -0.1) is 0 Å². The van der Waals surface area contributed by atoms with Gasteiger partial charge >= 0.3 is 0 Å². The van der Waals surface area contributed by atoms with E-state index in [1.165, 1.54) is 0 Å². The van der Waals surface area contributed by atoms with Gasteiger partial charge in [-0.25, -0.2) is 4.72 Å². The van der Waals surface area contributed by atoms with Crippen LogP contribution in [0.5, 0.6) is 0 Å². The fourth-order valence-corrected chi connectivity index (χ4v) is 3.59. The maximum atomic E-state index is 12.2. The lowest BCUT2D eigenvalue weighted by Gasteiger charge is -2.32. The molecule has 0 atom stereocenters. The number of rotatable bonds is 7. The first kappa shape index (κ1) is 16.9. The molecule has 0 aliphatic carbocycles. The highest BCUT2D eigenvalue weighted by Gasteiger charge is 2.28. The lowest BCUT2D eigenvalue weighted by atomic mass is 9.91. The van der Waals surface area contributed by atoms with Crippen LogP contribution in [0.3, 0.4) is 0 Å². The summed E-state index contributed by atoms with van der Waals surface area (Å²) in [6.45, 7) is 8.98. The molecule has 1 fully saturated rings. The third-order valence-corrected chi connectivity index (χ3v) is 5.65. The summed E-state index contributed by atoms with van der Waals surface area (Å²) in [5.74, 6) is 0.600. The molecule has 1 rings (SSSR count). The average Bonchev–Trinajstić information content (AvgIpc) is 2.38. The summed E-state index contributed by atoms with van der Waals surface area (Å²) in [5.41, 5.74) is 0.0114. The Bertz CT molecular complexity index is 360. The van der Waals surface area contributed by atoms with Crippen molar-refractivity contribution in [2.75, 3.05) is 33.2 Å². The molecule has 0 aromatic rings. The lowest BCUT2D eigenvalue weighted by Crippen LogP contribution is -2.47. The van der Waals surface area contributed by atoms with Crippen LogP contribution in [0.25, 0.3) is 0 Å². The Morgan fingerprint density at radius 2 is 1.84 bits per heavy atom. The van der Waals surface area contributed by atoms with Gasteiger partial charge in [0.25, 0.3) is 10.2 Å². The quantitative estimate of drug-likeness (QED) is 0.740. The highest BCUT2D eigenvalue weighted by atomic mass is 32.2. The molecule has 1 saturated heterocycles. The van der Waals surface area contributed by atoms with Gasteiger partial charge in [-0.1, -0.05) is 20.8 Å². The first-order valence-corrected chi connectivity index (χ1v) is 8.64. The van der Waals surface area contributed by atoms with Crippen LogP contribution in [-0.4, -0.2) is 45.9 Å². The molecule has 1 aliphatic heterocycles. The summed E-state index contributed by atoms with van der Waals surface area (Å²) in [7, 11) is -1.36. The van der Waals surface area contributed by atoms with Gasteiger partial charge in [0.15, 0.2) is 0 Å². The molecule has 2 N–H and O–H groups in total. The maximum Gasteiger partial charge on any atom is 0.279 e. The summed E-state index contributed by atoms with van der Waals surface area (Å²) in [6.07, 6.45) is 2.84. The predicted octanol–water partition coefficient (Wildman–Crippen LogP) is 1.19. The molecule has 0 spiro atoms. The van der Waals surface area contributed by atoms with Crippen molar-refractivity contribution in [2.24, 2.45) is 11.3 Å². The molecule has 114 valence electrons. The third kappa shape index (κ3) is 5.38. The molecular formula is C13H29N3O2S. The van der Waals surface area contributed by atoms with Crippen LogP contribution in [-0.2, 0) is 10.2 Å². The first-order chi connectivity index (χ1) is 8.80. The number of hydrogen-bond acceptors (Lipinski definition) is 3. The predicted molar refractivity (Wildman–Crippen MR) is 79.2 cm³/mol. The normalized spacial score (nSPS) is 19.8. The number of nitrogens with zero attached hydrogens (tertiary/aromatic N) is 1. The lowest BCUT2D eigenvalue weighted by molar-refractivity contribution is 0.264. The zero-order valence-corrected chi connectivity index (χ0v) is 13.5. The van der Waals surface area contributed by atoms with Crippen molar-refractivity contribution in [3.05, 3.63) is 0 Å². The SMILES string of the molecule is CCC(C)(C)CNS(=O)(=O)N1CCC(CNC)CC1. The minimum Gasteiger partial charge on any atom is -0.319 e. The minimum atomic E-state index is -3.30. The van der Waals surface area contributed by atoms with Crippen molar-refractivity contribution in [2.45, 2.75) is 40.0 Å². The molecule has 0 amide bonds. The van der Waals surface area contributed by atoms with Crippen LogP contribution in [0.2, 0.25) is 0 Å². The first-order valence-electron chi connectivity index (χ1n) is 7.20. The van der Waals surface area contributed by atoms with Crippen molar-refractivity contribution in [1.82, 2.24) is 14.3 Å². The fourth-order valence-electron chi connectivity index (χ4n) is 2.15. The van der Waals surface area contributed by atoms with Gasteiger partial charge in [-0.05, 0) is 44.2 Å². The van der Waals surface area contributed by atoms with Crippen molar-refractivity contribution in [3.8, 4) is 0 Å². The van der Waals surface area contributed by atoms with E-state index in [9.17, 15) is 8.42 Å². The van der Waals surface area contributed by atoms with Gasteiger partial charge < -0.3 is 5.32 Å². The van der Waals surface area contributed by atoms with E-state index < -0.39 is 10.2 Å². The number of piperidine rings is 1. The Labute approximate surface area is 118 Å². The van der Waals surface area contributed by atoms with Crippen LogP contribution in [0, 0.1) is 11.3 Å². The van der Waals surface area contributed by atoms with E-state index in [0.29, 0.717) is 25.6 Å². The zero-order valence-electron chi connectivity index (χ0n) is 12.7. The summed E-state index contributed by atoms with van der Waals surface area (Å²) in [6, 6.07) is 0. The molecule has 1 heterocycles. The average molecular weight is 291 g/mol. The minimum absolute atomic E-state index is 0.0114. The van der Waals surface area contributed by atoms with Crippen LogP contribution in [0.1, 0.15) is 40.0 Å². The van der Waals surface area contributed by atoms with Crippen LogP contribution >= 0.6 is 0 Å². The standard InChI is InChI=1S/C13H29N3O2S/c1-5-13(2,3)11-15-19(17,18)16-8-6-12(7-9-16)10-14-4/h12,14-15H,5-11H2,1-4H3. The summed E-state index contributed by atoms with van der Waals surface area (Å²) < 4.78 is 28.8. The largest absolute Gasteiger partial charge is 0.319 e. The van der Waals surface area contributed by atoms with Crippen LogP contribution < -0.4 is 10.0 Å². The third-order valence-electron chi connectivity index (χ3n) is 4.10. The topological polar surface area (TPSA) is 61.4 Å². The molecule has 0 saturated carbocycles. The molecule has 0 aromatic heterocycles. The molecule has 5 nitrogen and oxygen atoms in total. The molecule has 19 heavy (non-hydrogen) atoms. The van der Waals surface area contributed by atoms with Gasteiger partial charge in [0.2, 0.25) is 0 Å². The summed E-state index contributed by atoms with van der Waals surface area (Å²) in [4.78, 5) is 0. The molecule has 1 aliphatic rings. The second-order valence-electron chi connectivity index (χ2n) is 6.24.